The van der Waals surface area contributed by atoms with Crippen LogP contribution in [0.5, 0.6) is 0 Å². The Morgan fingerprint density at radius 1 is 1.03 bits per heavy atom. The molecular formula is C23H22F2N2O2. The van der Waals surface area contributed by atoms with E-state index in [0.717, 1.165) is 11.3 Å². The van der Waals surface area contributed by atoms with Crippen LogP contribution in [0.2, 0.25) is 0 Å². The molecule has 0 N–H and O–H groups in total. The normalized spacial score (nSPS) is 16.9. The minimum absolute atomic E-state index is 0.0763. The monoisotopic (exact) mass is 396 g/mol. The third-order valence-corrected chi connectivity index (χ3v) is 5.31. The average Bonchev–Trinajstić information content (AvgIpc) is 2.73. The van der Waals surface area contributed by atoms with Crippen LogP contribution in [0, 0.1) is 11.6 Å². The van der Waals surface area contributed by atoms with Crippen LogP contribution in [0.25, 0.3) is 10.8 Å². The number of carbonyl (C=O) groups excluding carboxylic acids is 1. The summed E-state index contributed by atoms with van der Waals surface area (Å²) in [6, 6.07) is 16.7. The molecule has 1 atom stereocenters. The van der Waals surface area contributed by atoms with E-state index in [0.29, 0.717) is 25.0 Å². The molecule has 0 spiro atoms. The van der Waals surface area contributed by atoms with Gasteiger partial charge in [0.1, 0.15) is 18.2 Å². The zero-order valence-electron chi connectivity index (χ0n) is 16.1. The number of rotatable bonds is 3. The predicted molar refractivity (Wildman–Crippen MR) is 109 cm³/mol. The van der Waals surface area contributed by atoms with Crippen molar-refractivity contribution < 1.29 is 18.3 Å². The summed E-state index contributed by atoms with van der Waals surface area (Å²) in [6.45, 7) is 3.86. The Bertz CT molecular complexity index is 1030. The summed E-state index contributed by atoms with van der Waals surface area (Å²) in [7, 11) is 0. The lowest BCUT2D eigenvalue weighted by atomic mass is 10.1. The Labute approximate surface area is 168 Å². The Kier molecular flexibility index (Phi) is 5.34. The van der Waals surface area contributed by atoms with Gasteiger partial charge < -0.3 is 14.5 Å². The smallest absolute Gasteiger partial charge is 0.410 e. The van der Waals surface area contributed by atoms with E-state index < -0.39 is 11.6 Å². The number of anilines is 1. The Morgan fingerprint density at radius 3 is 2.59 bits per heavy atom. The molecule has 3 aromatic carbocycles. The quantitative estimate of drug-likeness (QED) is 0.627. The largest absolute Gasteiger partial charge is 0.445 e. The van der Waals surface area contributed by atoms with Crippen molar-refractivity contribution >= 4 is 22.6 Å². The highest BCUT2D eigenvalue weighted by molar-refractivity contribution is 5.95. The van der Waals surface area contributed by atoms with Crippen LogP contribution in [0.15, 0.2) is 60.7 Å². The molecule has 150 valence electrons. The summed E-state index contributed by atoms with van der Waals surface area (Å²) in [4.78, 5) is 16.3. The molecule has 0 bridgehead atoms. The fraction of sp³-hybridized carbons (Fsp3) is 0.261. The van der Waals surface area contributed by atoms with Gasteiger partial charge in [-0.2, -0.15) is 0 Å². The second-order valence-electron chi connectivity index (χ2n) is 7.29. The zero-order valence-corrected chi connectivity index (χ0v) is 16.1. The van der Waals surface area contributed by atoms with Crippen LogP contribution >= 0.6 is 0 Å². The number of amides is 1. The van der Waals surface area contributed by atoms with E-state index in [2.05, 4.69) is 4.90 Å². The first-order valence-corrected chi connectivity index (χ1v) is 9.63. The second kappa shape index (κ2) is 8.07. The molecule has 3 aromatic rings. The van der Waals surface area contributed by atoms with Crippen molar-refractivity contribution in [2.75, 3.05) is 24.5 Å². The highest BCUT2D eigenvalue weighted by atomic mass is 19.1. The lowest BCUT2D eigenvalue weighted by Gasteiger charge is -2.40. The third-order valence-electron chi connectivity index (χ3n) is 5.31. The molecule has 1 heterocycles. The molecule has 0 radical (unpaired) electrons. The van der Waals surface area contributed by atoms with Crippen LogP contribution < -0.4 is 4.90 Å². The summed E-state index contributed by atoms with van der Waals surface area (Å²) in [6.07, 6.45) is -0.341. The van der Waals surface area contributed by atoms with Crippen LogP contribution in [-0.4, -0.2) is 36.7 Å². The van der Waals surface area contributed by atoms with Crippen LogP contribution in [-0.2, 0) is 11.3 Å². The average molecular weight is 396 g/mol. The van der Waals surface area contributed by atoms with Crippen LogP contribution in [0.1, 0.15) is 12.5 Å². The van der Waals surface area contributed by atoms with Crippen molar-refractivity contribution in [3.05, 3.63) is 77.9 Å². The van der Waals surface area contributed by atoms with Crippen molar-refractivity contribution in [3.63, 3.8) is 0 Å². The van der Waals surface area contributed by atoms with Gasteiger partial charge in [-0.25, -0.2) is 13.6 Å². The number of carbonyl (C=O) groups is 1. The van der Waals surface area contributed by atoms with Gasteiger partial charge in [-0.1, -0.05) is 30.3 Å². The molecule has 0 aliphatic carbocycles. The maximum atomic E-state index is 14.1. The van der Waals surface area contributed by atoms with Crippen molar-refractivity contribution in [3.8, 4) is 0 Å². The number of piperazine rings is 1. The lowest BCUT2D eigenvalue weighted by molar-refractivity contribution is 0.0795. The van der Waals surface area contributed by atoms with Gasteiger partial charge in [0, 0.05) is 42.1 Å². The standard InChI is InChI=1S/C23H22F2N2O2/c1-16-14-26(22-10-9-21(25)20-13-18(24)7-8-19(20)22)11-12-27(16)23(28)29-15-17-5-3-2-4-6-17/h2-10,13,16H,11-12,14-15H2,1H3. The van der Waals surface area contributed by atoms with Crippen LogP contribution in [0.4, 0.5) is 19.3 Å². The van der Waals surface area contributed by atoms with E-state index in [1.54, 1.807) is 17.0 Å². The van der Waals surface area contributed by atoms with Crippen molar-refractivity contribution in [1.29, 1.82) is 0 Å². The number of hydrogen-bond donors (Lipinski definition) is 0. The molecule has 1 saturated heterocycles. The number of hydrogen-bond acceptors (Lipinski definition) is 3. The first-order valence-electron chi connectivity index (χ1n) is 9.63. The summed E-state index contributed by atoms with van der Waals surface area (Å²) in [5.41, 5.74) is 1.78. The Morgan fingerprint density at radius 2 is 1.83 bits per heavy atom. The Balaban J connectivity index is 1.46. The molecule has 1 unspecified atom stereocenters. The topological polar surface area (TPSA) is 32.8 Å². The van der Waals surface area contributed by atoms with Crippen molar-refractivity contribution in [2.45, 2.75) is 19.6 Å². The minimum atomic E-state index is -0.465. The van der Waals surface area contributed by atoms with E-state index in [9.17, 15) is 13.6 Å². The molecule has 4 nitrogen and oxygen atoms in total. The highest BCUT2D eigenvalue weighted by Crippen LogP contribution is 2.31. The van der Waals surface area contributed by atoms with Crippen LogP contribution in [0.3, 0.4) is 0 Å². The van der Waals surface area contributed by atoms with Gasteiger partial charge in [0.05, 0.1) is 0 Å². The lowest BCUT2D eigenvalue weighted by Crippen LogP contribution is -2.54. The van der Waals surface area contributed by atoms with Gasteiger partial charge in [-0.05, 0) is 42.8 Å². The fourth-order valence-corrected chi connectivity index (χ4v) is 3.79. The summed E-state index contributed by atoms with van der Waals surface area (Å²) >= 11 is 0. The first kappa shape index (κ1) is 19.2. The third kappa shape index (κ3) is 4.01. The van der Waals surface area contributed by atoms with Gasteiger partial charge in [-0.15, -0.1) is 0 Å². The van der Waals surface area contributed by atoms with Gasteiger partial charge >= 0.3 is 6.09 Å². The zero-order chi connectivity index (χ0) is 20.4. The maximum Gasteiger partial charge on any atom is 0.410 e. The summed E-state index contributed by atoms with van der Waals surface area (Å²) < 4.78 is 33.1. The maximum absolute atomic E-state index is 14.1. The molecule has 0 saturated carbocycles. The molecule has 1 aliphatic heterocycles. The fourth-order valence-electron chi connectivity index (χ4n) is 3.79. The first-order chi connectivity index (χ1) is 14.0. The van der Waals surface area contributed by atoms with Crippen molar-refractivity contribution in [2.24, 2.45) is 0 Å². The van der Waals surface area contributed by atoms with Crippen molar-refractivity contribution in [1.82, 2.24) is 4.90 Å². The van der Waals surface area contributed by atoms with E-state index in [1.807, 2.05) is 37.3 Å². The molecule has 1 fully saturated rings. The second-order valence-corrected chi connectivity index (χ2v) is 7.29. The molecule has 1 amide bonds. The number of benzene rings is 3. The SMILES string of the molecule is CC1CN(c2ccc(F)c3cc(F)ccc23)CCN1C(=O)OCc1ccccc1. The van der Waals surface area contributed by atoms with E-state index in [4.69, 9.17) is 4.74 Å². The predicted octanol–water partition coefficient (Wildman–Crippen LogP) is 4.97. The molecule has 1 aliphatic rings. The number of nitrogens with zero attached hydrogens (tertiary/aromatic N) is 2. The molecule has 29 heavy (non-hydrogen) atoms. The van der Waals surface area contributed by atoms with Gasteiger partial charge in [0.2, 0.25) is 0 Å². The number of halogens is 2. The van der Waals surface area contributed by atoms with E-state index >= 15 is 0 Å². The van der Waals surface area contributed by atoms with Gasteiger partial charge in [0.25, 0.3) is 0 Å². The molecule has 4 rings (SSSR count). The summed E-state index contributed by atoms with van der Waals surface area (Å²) in [5.74, 6) is -0.910. The number of ether oxygens (including phenoxy) is 1. The Hall–Kier alpha value is -3.15. The van der Waals surface area contributed by atoms with E-state index in [1.165, 1.54) is 18.2 Å². The molecular weight excluding hydrogens is 374 g/mol. The van der Waals surface area contributed by atoms with E-state index in [-0.39, 0.29) is 24.1 Å². The minimum Gasteiger partial charge on any atom is -0.445 e. The van der Waals surface area contributed by atoms with Gasteiger partial charge in [0.15, 0.2) is 0 Å². The summed E-state index contributed by atoms with van der Waals surface area (Å²) in [5, 5.41) is 0.929. The van der Waals surface area contributed by atoms with Gasteiger partial charge in [-0.3, -0.25) is 0 Å². The number of fused-ring (bicyclic) bond motifs is 1. The molecule has 0 aromatic heterocycles. The molecule has 6 heteroatoms. The highest BCUT2D eigenvalue weighted by Gasteiger charge is 2.29.